The van der Waals surface area contributed by atoms with Crippen LogP contribution in [0, 0.1) is 0 Å². The molecule has 0 spiro atoms. The molecule has 1 heterocycles. The number of hydrogen-bond donors (Lipinski definition) is 2. The standard InChI is InChI=1S/C26H27N3O5/c1-17(2)34-22(31)15-9-14-21(30)24-27-16-20(26(33)29-24)25(32)28-23(18-10-5-3-6-11-18)19-12-7-4-8-13-19/h3-8,10-13,16-17,23H,9,14-15H2,1-2H3,(H,28,32)(H,27,29,33). The van der Waals surface area contributed by atoms with E-state index in [2.05, 4.69) is 15.3 Å². The zero-order valence-electron chi connectivity index (χ0n) is 19.1. The van der Waals surface area contributed by atoms with Crippen LogP contribution in [-0.4, -0.2) is 33.7 Å². The molecular weight excluding hydrogens is 434 g/mol. The summed E-state index contributed by atoms with van der Waals surface area (Å²) in [6.45, 7) is 3.49. The predicted molar refractivity (Wildman–Crippen MR) is 126 cm³/mol. The van der Waals surface area contributed by atoms with Gasteiger partial charge in [0, 0.05) is 19.0 Å². The Labute approximate surface area is 197 Å². The van der Waals surface area contributed by atoms with Crippen LogP contribution in [0.15, 0.2) is 71.7 Å². The van der Waals surface area contributed by atoms with Crippen LogP contribution in [0.25, 0.3) is 0 Å². The van der Waals surface area contributed by atoms with Crippen molar-refractivity contribution in [3.05, 3.63) is 99.7 Å². The first-order valence-corrected chi connectivity index (χ1v) is 11.1. The average Bonchev–Trinajstić information content (AvgIpc) is 2.83. The van der Waals surface area contributed by atoms with Gasteiger partial charge >= 0.3 is 5.97 Å². The predicted octanol–water partition coefficient (Wildman–Crippen LogP) is 3.59. The molecule has 2 N–H and O–H groups in total. The van der Waals surface area contributed by atoms with Crippen molar-refractivity contribution in [2.75, 3.05) is 0 Å². The minimum atomic E-state index is -0.713. The second-order valence-corrected chi connectivity index (χ2v) is 8.02. The summed E-state index contributed by atoms with van der Waals surface area (Å²) in [4.78, 5) is 55.8. The topological polar surface area (TPSA) is 118 Å². The second-order valence-electron chi connectivity index (χ2n) is 8.02. The molecule has 3 aromatic rings. The number of ketones is 1. The smallest absolute Gasteiger partial charge is 0.306 e. The van der Waals surface area contributed by atoms with Crippen molar-refractivity contribution in [3.8, 4) is 0 Å². The fourth-order valence-corrected chi connectivity index (χ4v) is 3.39. The molecule has 8 heteroatoms. The molecule has 1 amide bonds. The Bertz CT molecular complexity index is 1150. The Hall–Kier alpha value is -4.07. The van der Waals surface area contributed by atoms with Crippen LogP contribution in [0.2, 0.25) is 0 Å². The molecule has 0 aliphatic rings. The SMILES string of the molecule is CC(C)OC(=O)CCCC(=O)c1ncc(C(=O)NC(c2ccccc2)c2ccccc2)c(=O)[nH]1. The molecule has 1 aromatic heterocycles. The van der Waals surface area contributed by atoms with Crippen molar-refractivity contribution in [1.82, 2.24) is 15.3 Å². The molecule has 8 nitrogen and oxygen atoms in total. The summed E-state index contributed by atoms with van der Waals surface area (Å²) in [6.07, 6.45) is 1.26. The van der Waals surface area contributed by atoms with Crippen LogP contribution in [0.1, 0.15) is 71.3 Å². The Morgan fingerprint density at radius 3 is 2.06 bits per heavy atom. The summed E-state index contributed by atoms with van der Waals surface area (Å²) in [7, 11) is 0. The molecule has 0 bridgehead atoms. The lowest BCUT2D eigenvalue weighted by atomic mass is 9.98. The number of nitrogens with one attached hydrogen (secondary N) is 2. The highest BCUT2D eigenvalue weighted by atomic mass is 16.5. The molecule has 0 saturated carbocycles. The van der Waals surface area contributed by atoms with E-state index in [4.69, 9.17) is 4.74 Å². The first-order chi connectivity index (χ1) is 16.3. The van der Waals surface area contributed by atoms with E-state index in [9.17, 15) is 19.2 Å². The molecule has 0 unspecified atom stereocenters. The number of hydrogen-bond acceptors (Lipinski definition) is 6. The Morgan fingerprint density at radius 2 is 1.53 bits per heavy atom. The van der Waals surface area contributed by atoms with Gasteiger partial charge in [-0.25, -0.2) is 4.98 Å². The van der Waals surface area contributed by atoms with Gasteiger partial charge in [0.2, 0.25) is 0 Å². The lowest BCUT2D eigenvalue weighted by molar-refractivity contribution is -0.147. The van der Waals surface area contributed by atoms with Crippen molar-refractivity contribution < 1.29 is 19.1 Å². The lowest BCUT2D eigenvalue weighted by Gasteiger charge is -2.19. The number of aromatic amines is 1. The molecule has 34 heavy (non-hydrogen) atoms. The van der Waals surface area contributed by atoms with Crippen molar-refractivity contribution in [3.63, 3.8) is 0 Å². The van der Waals surface area contributed by atoms with Crippen LogP contribution >= 0.6 is 0 Å². The Morgan fingerprint density at radius 1 is 0.941 bits per heavy atom. The summed E-state index contributed by atoms with van der Waals surface area (Å²) in [5.41, 5.74) is 0.798. The van der Waals surface area contributed by atoms with Gasteiger partial charge in [-0.1, -0.05) is 60.7 Å². The van der Waals surface area contributed by atoms with Crippen molar-refractivity contribution >= 4 is 17.7 Å². The summed E-state index contributed by atoms with van der Waals surface area (Å²) in [6, 6.07) is 18.3. The van der Waals surface area contributed by atoms with Gasteiger partial charge in [0.1, 0.15) is 5.56 Å². The molecule has 0 radical (unpaired) electrons. The largest absolute Gasteiger partial charge is 0.463 e. The fraction of sp³-hybridized carbons (Fsp3) is 0.269. The highest BCUT2D eigenvalue weighted by Crippen LogP contribution is 2.22. The number of carbonyl (C=O) groups excluding carboxylic acids is 3. The van der Waals surface area contributed by atoms with Crippen molar-refractivity contribution in [1.29, 1.82) is 0 Å². The summed E-state index contributed by atoms with van der Waals surface area (Å²) < 4.78 is 5.03. The number of H-pyrrole nitrogens is 1. The summed E-state index contributed by atoms with van der Waals surface area (Å²) >= 11 is 0. The Kier molecular flexibility index (Phi) is 8.45. The first kappa shape index (κ1) is 24.6. The third-order valence-corrected chi connectivity index (χ3v) is 5.00. The molecule has 0 atom stereocenters. The molecule has 176 valence electrons. The molecule has 2 aromatic carbocycles. The monoisotopic (exact) mass is 461 g/mol. The average molecular weight is 462 g/mol. The maximum Gasteiger partial charge on any atom is 0.306 e. The van der Waals surface area contributed by atoms with Gasteiger partial charge in [-0.3, -0.25) is 19.2 Å². The van der Waals surface area contributed by atoms with Gasteiger partial charge in [0.15, 0.2) is 11.6 Å². The van der Waals surface area contributed by atoms with E-state index >= 15 is 0 Å². The van der Waals surface area contributed by atoms with Crippen LogP contribution < -0.4 is 10.9 Å². The van der Waals surface area contributed by atoms with E-state index in [-0.39, 0.29) is 42.7 Å². The van der Waals surface area contributed by atoms with Crippen LogP contribution in [0.4, 0.5) is 0 Å². The number of benzene rings is 2. The molecule has 0 saturated heterocycles. The number of esters is 1. The van der Waals surface area contributed by atoms with Crippen LogP contribution in [0.3, 0.4) is 0 Å². The third-order valence-electron chi connectivity index (χ3n) is 5.00. The Balaban J connectivity index is 1.70. The number of rotatable bonds is 10. The van der Waals surface area contributed by atoms with Gasteiger partial charge in [-0.05, 0) is 31.4 Å². The highest BCUT2D eigenvalue weighted by Gasteiger charge is 2.21. The lowest BCUT2D eigenvalue weighted by Crippen LogP contribution is -2.34. The van der Waals surface area contributed by atoms with E-state index in [0.29, 0.717) is 0 Å². The van der Waals surface area contributed by atoms with Gasteiger partial charge in [0.25, 0.3) is 11.5 Å². The molecule has 0 fully saturated rings. The maximum atomic E-state index is 12.9. The van der Waals surface area contributed by atoms with Crippen molar-refractivity contribution in [2.24, 2.45) is 0 Å². The van der Waals surface area contributed by atoms with Gasteiger partial charge in [-0.15, -0.1) is 0 Å². The van der Waals surface area contributed by atoms with E-state index in [1.165, 1.54) is 0 Å². The number of Topliss-reactive ketones (excluding diaryl/α,β-unsaturated/α-hetero) is 1. The highest BCUT2D eigenvalue weighted by molar-refractivity contribution is 5.95. The quantitative estimate of drug-likeness (QED) is 0.352. The van der Waals surface area contributed by atoms with Gasteiger partial charge in [0.05, 0.1) is 12.1 Å². The maximum absolute atomic E-state index is 12.9. The number of amides is 1. The number of aromatic nitrogens is 2. The van der Waals surface area contributed by atoms with Crippen LogP contribution in [0.5, 0.6) is 0 Å². The molecule has 0 aliphatic carbocycles. The van der Waals surface area contributed by atoms with E-state index in [1.807, 2.05) is 60.7 Å². The number of carbonyl (C=O) groups is 3. The zero-order valence-corrected chi connectivity index (χ0v) is 19.1. The van der Waals surface area contributed by atoms with Crippen LogP contribution in [-0.2, 0) is 9.53 Å². The first-order valence-electron chi connectivity index (χ1n) is 11.1. The summed E-state index contributed by atoms with van der Waals surface area (Å²) in [5, 5.41) is 2.88. The minimum absolute atomic E-state index is 0.0196. The fourth-order valence-electron chi connectivity index (χ4n) is 3.39. The van der Waals surface area contributed by atoms with E-state index < -0.39 is 23.3 Å². The third kappa shape index (κ3) is 6.71. The van der Waals surface area contributed by atoms with Crippen molar-refractivity contribution in [2.45, 2.75) is 45.3 Å². The normalized spacial score (nSPS) is 10.8. The van der Waals surface area contributed by atoms with E-state index in [1.54, 1.807) is 13.8 Å². The van der Waals surface area contributed by atoms with Gasteiger partial charge < -0.3 is 15.0 Å². The minimum Gasteiger partial charge on any atom is -0.463 e. The number of nitrogens with zero attached hydrogens (tertiary/aromatic N) is 1. The molecule has 3 rings (SSSR count). The molecular formula is C26H27N3O5. The zero-order chi connectivity index (χ0) is 24.5. The van der Waals surface area contributed by atoms with E-state index in [0.717, 1.165) is 17.3 Å². The number of ether oxygens (including phenoxy) is 1. The summed E-state index contributed by atoms with van der Waals surface area (Å²) in [5.74, 6) is -1.57. The molecule has 0 aliphatic heterocycles. The second kappa shape index (κ2) is 11.7. The van der Waals surface area contributed by atoms with Gasteiger partial charge in [-0.2, -0.15) is 0 Å².